The van der Waals surface area contributed by atoms with E-state index in [1.54, 1.807) is 24.5 Å². The molecule has 6 nitrogen and oxygen atoms in total. The van der Waals surface area contributed by atoms with E-state index in [1.807, 2.05) is 62.4 Å². The summed E-state index contributed by atoms with van der Waals surface area (Å²) < 4.78 is 11.2. The van der Waals surface area contributed by atoms with Crippen LogP contribution in [0.4, 0.5) is 0 Å². The molecular weight excluding hydrogens is 366 g/mol. The molecule has 3 aromatic rings. The van der Waals surface area contributed by atoms with Crippen molar-refractivity contribution in [2.75, 3.05) is 6.61 Å². The van der Waals surface area contributed by atoms with Gasteiger partial charge in [0.05, 0.1) is 12.3 Å². The maximum atomic E-state index is 12.3. The molecule has 3 rings (SSSR count). The molecule has 29 heavy (non-hydrogen) atoms. The van der Waals surface area contributed by atoms with Crippen LogP contribution < -0.4 is 14.9 Å². The highest BCUT2D eigenvalue weighted by Gasteiger charge is 2.06. The number of nitrogens with one attached hydrogen (secondary N) is 1. The molecule has 0 atom stereocenters. The number of amides is 1. The number of rotatable bonds is 8. The van der Waals surface area contributed by atoms with Crippen LogP contribution in [0.1, 0.15) is 35.3 Å². The summed E-state index contributed by atoms with van der Waals surface area (Å²) in [5.41, 5.74) is 5.60. The number of hydrazone groups is 1. The highest BCUT2D eigenvalue weighted by atomic mass is 16.5. The fourth-order valence-electron chi connectivity index (χ4n) is 2.56. The van der Waals surface area contributed by atoms with E-state index in [9.17, 15) is 4.79 Å². The standard InChI is InChI=1S/C23H23N3O3/c1-3-28-21-10-12-22(13-11-21)29-16-18-6-8-19(9-7-18)23(27)26-25-17(2)20-5-4-14-24-15-20/h4-15H,3,16H2,1-2H3,(H,26,27). The lowest BCUT2D eigenvalue weighted by molar-refractivity contribution is 0.0955. The Bertz CT molecular complexity index is 953. The first-order valence-electron chi connectivity index (χ1n) is 9.35. The predicted octanol–water partition coefficient (Wildman–Crippen LogP) is 4.21. The van der Waals surface area contributed by atoms with Crippen LogP contribution in [0.25, 0.3) is 0 Å². The molecule has 1 heterocycles. The lowest BCUT2D eigenvalue weighted by atomic mass is 10.1. The molecule has 0 radical (unpaired) electrons. The van der Waals surface area contributed by atoms with Crippen molar-refractivity contribution in [3.63, 3.8) is 0 Å². The molecule has 0 aliphatic carbocycles. The fraction of sp³-hybridized carbons (Fsp3) is 0.174. The first-order chi connectivity index (χ1) is 14.2. The van der Waals surface area contributed by atoms with Gasteiger partial charge in [0.25, 0.3) is 5.91 Å². The second-order valence-corrected chi connectivity index (χ2v) is 6.27. The van der Waals surface area contributed by atoms with Gasteiger partial charge in [0.15, 0.2) is 0 Å². The molecule has 0 spiro atoms. The predicted molar refractivity (Wildman–Crippen MR) is 112 cm³/mol. The Morgan fingerprint density at radius 3 is 2.28 bits per heavy atom. The van der Waals surface area contributed by atoms with Crippen LogP contribution in [0, 0.1) is 0 Å². The molecule has 0 unspecified atom stereocenters. The number of hydrogen-bond acceptors (Lipinski definition) is 5. The maximum Gasteiger partial charge on any atom is 0.271 e. The zero-order valence-electron chi connectivity index (χ0n) is 16.5. The van der Waals surface area contributed by atoms with Gasteiger partial charge in [-0.1, -0.05) is 18.2 Å². The second kappa shape index (κ2) is 10.0. The fourth-order valence-corrected chi connectivity index (χ4v) is 2.56. The minimum Gasteiger partial charge on any atom is -0.494 e. The molecule has 0 aliphatic heterocycles. The Hall–Kier alpha value is -3.67. The van der Waals surface area contributed by atoms with Gasteiger partial charge in [-0.15, -0.1) is 0 Å². The third-order valence-corrected chi connectivity index (χ3v) is 4.16. The van der Waals surface area contributed by atoms with Gasteiger partial charge in [0.2, 0.25) is 0 Å². The maximum absolute atomic E-state index is 12.3. The first kappa shape index (κ1) is 20.1. The lowest BCUT2D eigenvalue weighted by Gasteiger charge is -2.08. The third kappa shape index (κ3) is 5.90. The van der Waals surface area contributed by atoms with E-state index in [0.29, 0.717) is 24.5 Å². The van der Waals surface area contributed by atoms with E-state index < -0.39 is 0 Å². The Labute approximate surface area is 170 Å². The van der Waals surface area contributed by atoms with Crippen LogP contribution in [-0.4, -0.2) is 23.2 Å². The molecule has 6 heteroatoms. The molecule has 0 saturated heterocycles. The quantitative estimate of drug-likeness (QED) is 0.463. The summed E-state index contributed by atoms with van der Waals surface area (Å²) in [6.45, 7) is 4.81. The Morgan fingerprint density at radius 2 is 1.66 bits per heavy atom. The van der Waals surface area contributed by atoms with E-state index in [-0.39, 0.29) is 5.91 Å². The molecule has 0 fully saturated rings. The number of ether oxygens (including phenoxy) is 2. The van der Waals surface area contributed by atoms with Crippen molar-refractivity contribution in [1.82, 2.24) is 10.4 Å². The molecule has 1 aromatic heterocycles. The lowest BCUT2D eigenvalue weighted by Crippen LogP contribution is -2.19. The number of carbonyl (C=O) groups excluding carboxylic acids is 1. The van der Waals surface area contributed by atoms with Gasteiger partial charge >= 0.3 is 0 Å². The van der Waals surface area contributed by atoms with Crippen LogP contribution >= 0.6 is 0 Å². The topological polar surface area (TPSA) is 72.8 Å². The molecule has 1 N–H and O–H groups in total. The zero-order valence-corrected chi connectivity index (χ0v) is 16.5. The zero-order chi connectivity index (χ0) is 20.5. The van der Waals surface area contributed by atoms with Crippen molar-refractivity contribution in [2.45, 2.75) is 20.5 Å². The van der Waals surface area contributed by atoms with Gasteiger partial charge in [-0.05, 0) is 61.9 Å². The SMILES string of the molecule is CCOc1ccc(OCc2ccc(C(=O)NN=C(C)c3cccnc3)cc2)cc1. The number of nitrogens with zero attached hydrogens (tertiary/aromatic N) is 2. The van der Waals surface area contributed by atoms with Crippen LogP contribution in [-0.2, 0) is 6.61 Å². The van der Waals surface area contributed by atoms with Crippen molar-refractivity contribution in [3.8, 4) is 11.5 Å². The molecule has 0 bridgehead atoms. The van der Waals surface area contributed by atoms with Crippen LogP contribution in [0.15, 0.2) is 78.2 Å². The summed E-state index contributed by atoms with van der Waals surface area (Å²) in [5.74, 6) is 1.30. The van der Waals surface area contributed by atoms with E-state index in [4.69, 9.17) is 9.47 Å². The average molecular weight is 389 g/mol. The average Bonchev–Trinajstić information content (AvgIpc) is 2.78. The smallest absolute Gasteiger partial charge is 0.271 e. The van der Waals surface area contributed by atoms with Gasteiger partial charge in [-0.3, -0.25) is 9.78 Å². The van der Waals surface area contributed by atoms with Crippen LogP contribution in [0.5, 0.6) is 11.5 Å². The molecule has 148 valence electrons. The van der Waals surface area contributed by atoms with E-state index >= 15 is 0 Å². The summed E-state index contributed by atoms with van der Waals surface area (Å²) in [6, 6.07) is 18.4. The van der Waals surface area contributed by atoms with E-state index in [0.717, 1.165) is 22.6 Å². The number of benzene rings is 2. The van der Waals surface area contributed by atoms with Gasteiger partial charge < -0.3 is 9.47 Å². The molecule has 0 saturated carbocycles. The normalized spacial score (nSPS) is 11.0. The Morgan fingerprint density at radius 1 is 0.966 bits per heavy atom. The molecule has 2 aromatic carbocycles. The van der Waals surface area contributed by atoms with Gasteiger partial charge in [0.1, 0.15) is 18.1 Å². The number of pyridine rings is 1. The first-order valence-corrected chi connectivity index (χ1v) is 9.35. The van der Waals surface area contributed by atoms with Gasteiger partial charge in [-0.2, -0.15) is 5.10 Å². The largest absolute Gasteiger partial charge is 0.494 e. The molecule has 0 aliphatic rings. The van der Waals surface area contributed by atoms with Gasteiger partial charge in [-0.25, -0.2) is 5.43 Å². The van der Waals surface area contributed by atoms with Crippen molar-refractivity contribution in [3.05, 3.63) is 89.7 Å². The minimum absolute atomic E-state index is 0.271. The second-order valence-electron chi connectivity index (χ2n) is 6.27. The van der Waals surface area contributed by atoms with Crippen molar-refractivity contribution in [2.24, 2.45) is 5.10 Å². The monoisotopic (exact) mass is 389 g/mol. The summed E-state index contributed by atoms with van der Waals surface area (Å²) in [6.07, 6.45) is 3.39. The minimum atomic E-state index is -0.271. The summed E-state index contributed by atoms with van der Waals surface area (Å²) in [5, 5.41) is 4.13. The van der Waals surface area contributed by atoms with Crippen molar-refractivity contribution in [1.29, 1.82) is 0 Å². The Kier molecular flexibility index (Phi) is 6.95. The summed E-state index contributed by atoms with van der Waals surface area (Å²) in [7, 11) is 0. The highest BCUT2D eigenvalue weighted by molar-refractivity contribution is 6.00. The number of carbonyl (C=O) groups is 1. The summed E-state index contributed by atoms with van der Waals surface area (Å²) in [4.78, 5) is 16.3. The molecular formula is C23H23N3O3. The summed E-state index contributed by atoms with van der Waals surface area (Å²) >= 11 is 0. The number of hydrogen-bond donors (Lipinski definition) is 1. The Balaban J connectivity index is 1.53. The van der Waals surface area contributed by atoms with Crippen molar-refractivity contribution < 1.29 is 14.3 Å². The van der Waals surface area contributed by atoms with Crippen molar-refractivity contribution >= 4 is 11.6 Å². The van der Waals surface area contributed by atoms with Gasteiger partial charge in [0, 0.05) is 23.5 Å². The van der Waals surface area contributed by atoms with E-state index in [1.165, 1.54) is 0 Å². The van der Waals surface area contributed by atoms with Crippen LogP contribution in [0.2, 0.25) is 0 Å². The van der Waals surface area contributed by atoms with Crippen LogP contribution in [0.3, 0.4) is 0 Å². The number of aromatic nitrogens is 1. The molecule has 1 amide bonds. The highest BCUT2D eigenvalue weighted by Crippen LogP contribution is 2.18. The van der Waals surface area contributed by atoms with E-state index in [2.05, 4.69) is 15.5 Å². The third-order valence-electron chi connectivity index (χ3n) is 4.16.